The van der Waals surface area contributed by atoms with Crippen LogP contribution in [0.15, 0.2) is 54.7 Å². The maximum absolute atomic E-state index is 13.6. The first-order valence-corrected chi connectivity index (χ1v) is 11.1. The number of aromatic nitrogens is 3. The van der Waals surface area contributed by atoms with Crippen LogP contribution in [-0.4, -0.2) is 31.2 Å². The van der Waals surface area contributed by atoms with Gasteiger partial charge in [0.15, 0.2) is 0 Å². The highest BCUT2D eigenvalue weighted by molar-refractivity contribution is 6.30. The Labute approximate surface area is 198 Å². The Hall–Kier alpha value is -3.35. The van der Waals surface area contributed by atoms with Crippen molar-refractivity contribution in [3.63, 3.8) is 0 Å². The molecule has 0 radical (unpaired) electrons. The third-order valence-electron chi connectivity index (χ3n) is 5.64. The smallest absolute Gasteiger partial charge is 0.353 e. The van der Waals surface area contributed by atoms with Gasteiger partial charge >= 0.3 is 5.97 Å². The van der Waals surface area contributed by atoms with E-state index in [2.05, 4.69) is 10.1 Å². The van der Waals surface area contributed by atoms with Gasteiger partial charge < -0.3 is 10.1 Å². The van der Waals surface area contributed by atoms with Crippen LogP contribution in [0.2, 0.25) is 5.02 Å². The average molecular weight is 482 g/mol. The molecule has 2 aromatic heterocycles. The number of aromatic amines is 1. The van der Waals surface area contributed by atoms with E-state index < -0.39 is 5.97 Å². The predicted octanol–water partition coefficient (Wildman–Crippen LogP) is 4.52. The molecular formula is C25H18Cl2FN3O2. The summed E-state index contributed by atoms with van der Waals surface area (Å²) in [6, 6.07) is 13.4. The molecule has 5 rings (SSSR count). The van der Waals surface area contributed by atoms with Crippen molar-refractivity contribution in [2.45, 2.75) is 18.2 Å². The summed E-state index contributed by atoms with van der Waals surface area (Å²) >= 11 is 12.3. The lowest BCUT2D eigenvalue weighted by atomic mass is 9.98. The Morgan fingerprint density at radius 1 is 1.18 bits per heavy atom. The van der Waals surface area contributed by atoms with Crippen molar-refractivity contribution in [2.24, 2.45) is 0 Å². The number of carbonyl (C=O) groups is 1. The van der Waals surface area contributed by atoms with Crippen LogP contribution in [-0.2, 0) is 6.42 Å². The molecule has 1 aliphatic rings. The van der Waals surface area contributed by atoms with Crippen molar-refractivity contribution in [2.75, 3.05) is 0 Å². The molecule has 0 saturated heterocycles. The van der Waals surface area contributed by atoms with Crippen LogP contribution in [0, 0.1) is 5.82 Å². The Morgan fingerprint density at radius 2 is 1.91 bits per heavy atom. The molecule has 4 aromatic rings. The number of H-pyrrole nitrogens is 1. The molecule has 1 unspecified atom stereocenters. The molecule has 0 bridgehead atoms. The van der Waals surface area contributed by atoms with E-state index in [-0.39, 0.29) is 16.9 Å². The van der Waals surface area contributed by atoms with E-state index in [1.54, 1.807) is 23.0 Å². The van der Waals surface area contributed by atoms with Crippen LogP contribution >= 0.6 is 23.2 Å². The standard InChI is InChI=1S/C25H18Cl2FN3O2/c26-16-3-1-14(2-4-16)11-15-13-29-31(19-8-6-18(28)7-9-19)24(15)22-20-10-5-17(27)12-21(20)30-23(22)25(32)33/h1-4,6-10,12-13,17,30H,5,11H2,(H,32,33). The highest BCUT2D eigenvalue weighted by Crippen LogP contribution is 2.29. The Bertz CT molecular complexity index is 1470. The van der Waals surface area contributed by atoms with Crippen LogP contribution in [0.3, 0.4) is 0 Å². The van der Waals surface area contributed by atoms with Gasteiger partial charge in [-0.05, 0) is 54.5 Å². The highest BCUT2D eigenvalue weighted by Gasteiger charge is 2.25. The number of benzene rings is 2. The number of halogens is 3. The maximum atomic E-state index is 13.6. The molecule has 0 saturated carbocycles. The first-order chi connectivity index (χ1) is 15.9. The van der Waals surface area contributed by atoms with E-state index in [9.17, 15) is 14.3 Å². The second kappa shape index (κ2) is 8.54. The number of nitrogens with one attached hydrogen (secondary N) is 1. The van der Waals surface area contributed by atoms with Gasteiger partial charge in [0.1, 0.15) is 11.5 Å². The van der Waals surface area contributed by atoms with Gasteiger partial charge in [-0.15, -0.1) is 11.6 Å². The fourth-order valence-electron chi connectivity index (χ4n) is 4.14. The maximum Gasteiger partial charge on any atom is 0.353 e. The SMILES string of the molecule is O=C(O)c1[nH]c2c(c1-c1c(Cc3ccc(Cl)cc3)cnn1-c1ccc(F)cc1)=CCC(Cl)C=2. The number of nitrogens with zero attached hydrogens (tertiary/aromatic N) is 2. The molecule has 2 heterocycles. The summed E-state index contributed by atoms with van der Waals surface area (Å²) in [4.78, 5) is 15.2. The monoisotopic (exact) mass is 481 g/mol. The lowest BCUT2D eigenvalue weighted by Crippen LogP contribution is -2.29. The van der Waals surface area contributed by atoms with Crippen molar-refractivity contribution in [1.29, 1.82) is 0 Å². The summed E-state index contributed by atoms with van der Waals surface area (Å²) in [5.74, 6) is -1.45. The fourth-order valence-corrected chi connectivity index (χ4v) is 4.48. The molecule has 0 aliphatic heterocycles. The normalized spacial score (nSPS) is 14.9. The van der Waals surface area contributed by atoms with Crippen LogP contribution in [0.5, 0.6) is 0 Å². The second-order valence-corrected chi connectivity index (χ2v) is 8.84. The minimum absolute atomic E-state index is 0.0551. The zero-order valence-electron chi connectivity index (χ0n) is 17.2. The van der Waals surface area contributed by atoms with Crippen LogP contribution in [0.25, 0.3) is 29.1 Å². The second-order valence-electron chi connectivity index (χ2n) is 7.84. The molecule has 0 spiro atoms. The van der Waals surface area contributed by atoms with E-state index >= 15 is 0 Å². The van der Waals surface area contributed by atoms with Gasteiger partial charge in [-0.2, -0.15) is 5.10 Å². The van der Waals surface area contributed by atoms with Crippen molar-refractivity contribution in [3.8, 4) is 16.9 Å². The van der Waals surface area contributed by atoms with Gasteiger partial charge in [0.2, 0.25) is 0 Å². The molecule has 33 heavy (non-hydrogen) atoms. The van der Waals surface area contributed by atoms with Crippen LogP contribution in [0.4, 0.5) is 4.39 Å². The van der Waals surface area contributed by atoms with Crippen molar-refractivity contribution in [1.82, 2.24) is 14.8 Å². The quantitative estimate of drug-likeness (QED) is 0.411. The topological polar surface area (TPSA) is 70.9 Å². The molecule has 166 valence electrons. The van der Waals surface area contributed by atoms with Gasteiger partial charge in [-0.25, -0.2) is 13.9 Å². The molecule has 1 atom stereocenters. The van der Waals surface area contributed by atoms with E-state index in [1.165, 1.54) is 12.1 Å². The largest absolute Gasteiger partial charge is 0.477 e. The lowest BCUT2D eigenvalue weighted by molar-refractivity contribution is 0.0692. The van der Waals surface area contributed by atoms with E-state index in [0.717, 1.165) is 16.3 Å². The minimum Gasteiger partial charge on any atom is -0.477 e. The molecule has 2 N–H and O–H groups in total. The molecular weight excluding hydrogens is 464 g/mol. The van der Waals surface area contributed by atoms with Crippen LogP contribution < -0.4 is 10.6 Å². The van der Waals surface area contributed by atoms with Gasteiger partial charge in [0.25, 0.3) is 0 Å². The summed E-state index contributed by atoms with van der Waals surface area (Å²) in [7, 11) is 0. The molecule has 5 nitrogen and oxygen atoms in total. The minimum atomic E-state index is -1.09. The Morgan fingerprint density at radius 3 is 2.61 bits per heavy atom. The number of alkyl halides is 1. The zero-order chi connectivity index (χ0) is 23.1. The lowest BCUT2D eigenvalue weighted by Gasteiger charge is -2.12. The highest BCUT2D eigenvalue weighted by atomic mass is 35.5. The molecule has 8 heteroatoms. The van der Waals surface area contributed by atoms with E-state index in [0.29, 0.717) is 40.2 Å². The third kappa shape index (κ3) is 4.08. The average Bonchev–Trinajstić information content (AvgIpc) is 3.36. The predicted molar refractivity (Wildman–Crippen MR) is 127 cm³/mol. The van der Waals surface area contributed by atoms with Gasteiger partial charge in [0.05, 0.1) is 23.0 Å². The van der Waals surface area contributed by atoms with Crippen molar-refractivity contribution < 1.29 is 14.3 Å². The number of carboxylic acid groups (broad SMARTS) is 1. The van der Waals surface area contributed by atoms with E-state index in [1.807, 2.05) is 36.4 Å². The number of carboxylic acids is 1. The van der Waals surface area contributed by atoms with Crippen molar-refractivity contribution in [3.05, 3.63) is 93.0 Å². The first-order valence-electron chi connectivity index (χ1n) is 10.3. The fraction of sp³-hybridized carbons (Fsp3) is 0.120. The number of rotatable bonds is 5. The molecule has 0 fully saturated rings. The Kier molecular flexibility index (Phi) is 5.56. The van der Waals surface area contributed by atoms with Crippen LogP contribution in [0.1, 0.15) is 28.0 Å². The third-order valence-corrected chi connectivity index (χ3v) is 6.19. The number of fused-ring (bicyclic) bond motifs is 1. The summed E-state index contributed by atoms with van der Waals surface area (Å²) in [6.07, 6.45) is 6.57. The summed E-state index contributed by atoms with van der Waals surface area (Å²) in [5.41, 5.74) is 3.66. The van der Waals surface area contributed by atoms with Gasteiger partial charge in [-0.1, -0.05) is 29.8 Å². The number of hydrogen-bond acceptors (Lipinski definition) is 2. The summed E-state index contributed by atoms with van der Waals surface area (Å²) in [5, 5.41) is 16.4. The Balaban J connectivity index is 1.78. The molecule has 2 aromatic carbocycles. The molecule has 1 aliphatic carbocycles. The zero-order valence-corrected chi connectivity index (χ0v) is 18.7. The van der Waals surface area contributed by atoms with Gasteiger partial charge in [-0.3, -0.25) is 0 Å². The molecule has 0 amide bonds. The van der Waals surface area contributed by atoms with Crippen molar-refractivity contribution >= 4 is 41.3 Å². The summed E-state index contributed by atoms with van der Waals surface area (Å²) < 4.78 is 15.2. The first kappa shape index (κ1) is 21.5. The van der Waals surface area contributed by atoms with E-state index in [4.69, 9.17) is 23.2 Å². The summed E-state index contributed by atoms with van der Waals surface area (Å²) in [6.45, 7) is 0. The number of aromatic carboxylic acids is 1. The van der Waals surface area contributed by atoms with Gasteiger partial charge in [0, 0.05) is 33.1 Å². The number of hydrogen-bond donors (Lipinski definition) is 2.